The molecule has 440 valence electrons. The zero-order chi connectivity index (χ0) is 61.9. The van der Waals surface area contributed by atoms with E-state index in [1.165, 1.54) is 122 Å². The molecule has 0 aliphatic heterocycles. The molecule has 0 amide bonds. The van der Waals surface area contributed by atoms with E-state index in [0.717, 1.165) is 21.5 Å². The normalized spacial score (nSPS) is 14.0. The molecule has 5 heteroatoms. The first-order valence-electron chi connectivity index (χ1n) is 31.0. The van der Waals surface area contributed by atoms with Gasteiger partial charge >= 0.3 is 0 Å². The number of hydrogen-bond acceptors (Lipinski definition) is 2. The van der Waals surface area contributed by atoms with Crippen LogP contribution in [0.4, 0.5) is 17.1 Å². The standard InChI is InChI=1S/C41H42N2.C26H28BrN.C15H15N/c1-39(2,3)26-21-27(40(4,5)6)23-30(22-26)43-37-16-12-10-14-33(37)34-24-28(18-20-38(34)43)42-29-17-19-32-31-13-9-11-15-35(31)41(7,8)36(32)25-29;1-25(2,3)17-13-18(26(4,5)6)15-20(14-17)28-23-10-8-7-9-21(23)22-16-19(27)11-12-24(22)28;1-15(2)13-6-4-3-5-11(13)12-8-7-10(16)9-14(12)15/h9-25,42H,1-8H3;7-16H,1-6H3;3-9H,16H2,1-2H3. The molecule has 0 fully saturated rings. The van der Waals surface area contributed by atoms with Crippen LogP contribution < -0.4 is 11.1 Å². The monoisotopic (exact) mass is 1200 g/mol. The predicted molar refractivity (Wildman–Crippen MR) is 380 cm³/mol. The second kappa shape index (κ2) is 21.3. The number of fused-ring (bicyclic) bond motifs is 12. The zero-order valence-corrected chi connectivity index (χ0v) is 55.6. The molecular weight excluding hydrogens is 1120 g/mol. The van der Waals surface area contributed by atoms with Gasteiger partial charge in [-0.1, -0.05) is 236 Å². The van der Waals surface area contributed by atoms with Crippen LogP contribution in [0.15, 0.2) is 211 Å². The summed E-state index contributed by atoms with van der Waals surface area (Å²) in [6.45, 7) is 36.8. The molecule has 2 heterocycles. The average molecular weight is 1210 g/mol. The van der Waals surface area contributed by atoms with Gasteiger partial charge in [0.05, 0.1) is 22.1 Å². The van der Waals surface area contributed by atoms with Gasteiger partial charge in [0.25, 0.3) is 0 Å². The first-order valence-corrected chi connectivity index (χ1v) is 31.8. The fraction of sp³-hybridized carbons (Fsp3) is 0.268. The van der Waals surface area contributed by atoms with E-state index >= 15 is 0 Å². The molecule has 10 aromatic carbocycles. The first-order chi connectivity index (χ1) is 41.0. The van der Waals surface area contributed by atoms with Gasteiger partial charge in [-0.2, -0.15) is 0 Å². The van der Waals surface area contributed by atoms with Gasteiger partial charge < -0.3 is 20.2 Å². The maximum atomic E-state index is 5.89. The van der Waals surface area contributed by atoms with E-state index in [1.54, 1.807) is 0 Å². The Hall–Kier alpha value is -8.12. The van der Waals surface area contributed by atoms with Crippen molar-refractivity contribution in [1.82, 2.24) is 9.13 Å². The Labute approximate surface area is 525 Å². The van der Waals surface area contributed by atoms with Crippen molar-refractivity contribution in [2.75, 3.05) is 11.1 Å². The third-order valence-corrected chi connectivity index (χ3v) is 19.1. The number of hydrogen-bond donors (Lipinski definition) is 2. The molecule has 0 unspecified atom stereocenters. The number of nitrogen functional groups attached to an aromatic ring is 1. The minimum absolute atomic E-state index is 0.0194. The first kappa shape index (κ1) is 59.2. The summed E-state index contributed by atoms with van der Waals surface area (Å²) in [5, 5.41) is 8.85. The maximum absolute atomic E-state index is 5.89. The highest BCUT2D eigenvalue weighted by molar-refractivity contribution is 9.10. The molecule has 87 heavy (non-hydrogen) atoms. The Kier molecular flexibility index (Phi) is 14.5. The fourth-order valence-corrected chi connectivity index (χ4v) is 13.8. The molecule has 4 nitrogen and oxygen atoms in total. The van der Waals surface area contributed by atoms with E-state index < -0.39 is 0 Å². The fourth-order valence-electron chi connectivity index (χ4n) is 13.4. The van der Waals surface area contributed by atoms with Crippen molar-refractivity contribution >= 4 is 76.6 Å². The molecular formula is C82H85BrN4. The van der Waals surface area contributed by atoms with Gasteiger partial charge in [-0.25, -0.2) is 0 Å². The number of benzene rings is 10. The van der Waals surface area contributed by atoms with E-state index in [9.17, 15) is 0 Å². The minimum Gasteiger partial charge on any atom is -0.399 e. The highest BCUT2D eigenvalue weighted by Gasteiger charge is 2.37. The summed E-state index contributed by atoms with van der Waals surface area (Å²) in [7, 11) is 0. The third kappa shape index (κ3) is 10.8. The van der Waals surface area contributed by atoms with Crippen LogP contribution in [-0.4, -0.2) is 9.13 Å². The highest BCUT2D eigenvalue weighted by Crippen LogP contribution is 2.51. The molecule has 0 bridgehead atoms. The summed E-state index contributed by atoms with van der Waals surface area (Å²) < 4.78 is 5.98. The number of aromatic nitrogens is 2. The van der Waals surface area contributed by atoms with Gasteiger partial charge in [-0.05, 0) is 185 Å². The lowest BCUT2D eigenvalue weighted by atomic mass is 9.80. The lowest BCUT2D eigenvalue weighted by molar-refractivity contribution is 0.567. The van der Waals surface area contributed by atoms with Gasteiger partial charge in [-0.3, -0.25) is 0 Å². The van der Waals surface area contributed by atoms with Crippen LogP contribution in [0, 0.1) is 0 Å². The van der Waals surface area contributed by atoms with E-state index in [1.807, 2.05) is 6.07 Å². The summed E-state index contributed by atoms with van der Waals surface area (Å²) in [5.41, 5.74) is 33.1. The summed E-state index contributed by atoms with van der Waals surface area (Å²) in [5.74, 6) is 0. The van der Waals surface area contributed by atoms with E-state index in [4.69, 9.17) is 5.73 Å². The van der Waals surface area contributed by atoms with Gasteiger partial charge in [0.1, 0.15) is 0 Å². The molecule has 0 radical (unpaired) electrons. The molecule has 0 spiro atoms. The minimum atomic E-state index is -0.0194. The largest absolute Gasteiger partial charge is 0.399 e. The van der Waals surface area contributed by atoms with E-state index in [-0.39, 0.29) is 32.5 Å². The maximum Gasteiger partial charge on any atom is 0.0542 e. The van der Waals surface area contributed by atoms with Crippen molar-refractivity contribution in [3.8, 4) is 33.6 Å². The van der Waals surface area contributed by atoms with Gasteiger partial charge in [-0.15, -0.1) is 0 Å². The highest BCUT2D eigenvalue weighted by atomic mass is 79.9. The van der Waals surface area contributed by atoms with Crippen LogP contribution in [-0.2, 0) is 32.5 Å². The third-order valence-electron chi connectivity index (χ3n) is 18.6. The zero-order valence-electron chi connectivity index (χ0n) is 54.0. The molecule has 3 N–H and O–H groups in total. The van der Waals surface area contributed by atoms with E-state index in [2.05, 4.69) is 341 Å². The molecule has 0 atom stereocenters. The summed E-state index contributed by atoms with van der Waals surface area (Å²) >= 11 is 3.65. The molecule has 12 aromatic rings. The molecule has 2 aliphatic carbocycles. The second-order valence-corrected chi connectivity index (χ2v) is 30.6. The van der Waals surface area contributed by atoms with Crippen molar-refractivity contribution < 1.29 is 0 Å². The van der Waals surface area contributed by atoms with Crippen molar-refractivity contribution in [1.29, 1.82) is 0 Å². The van der Waals surface area contributed by atoms with Crippen molar-refractivity contribution in [2.24, 2.45) is 0 Å². The van der Waals surface area contributed by atoms with Crippen LogP contribution in [0.5, 0.6) is 0 Å². The SMILES string of the molecule is CC(C)(C)c1cc(-n2c3ccccc3c3cc(Br)ccc32)cc(C(C)(C)C)c1.CC(C)(C)c1cc(-n2c3ccccc3c3cc(Nc4ccc5c(c4)C(C)(C)c4ccccc4-5)ccc32)cc(C(C)(C)C)c1.CC1(C)c2ccccc2-c2ccc(N)cc21. The van der Waals surface area contributed by atoms with Crippen LogP contribution in [0.3, 0.4) is 0 Å². The van der Waals surface area contributed by atoms with Gasteiger partial charge in [0, 0.05) is 65.3 Å². The summed E-state index contributed by atoms with van der Waals surface area (Å²) in [4.78, 5) is 0. The van der Waals surface area contributed by atoms with Crippen molar-refractivity contribution in [2.45, 2.75) is 143 Å². The molecule has 0 saturated carbocycles. The van der Waals surface area contributed by atoms with Crippen molar-refractivity contribution in [3.63, 3.8) is 0 Å². The number of nitrogens with two attached hydrogens (primary N) is 1. The molecule has 14 rings (SSSR count). The lowest BCUT2D eigenvalue weighted by Gasteiger charge is -2.26. The Morgan fingerprint density at radius 2 is 0.690 bits per heavy atom. The Morgan fingerprint density at radius 1 is 0.333 bits per heavy atom. The smallest absolute Gasteiger partial charge is 0.0542 e. The quantitative estimate of drug-likeness (QED) is 0.173. The Balaban J connectivity index is 0.000000143. The van der Waals surface area contributed by atoms with Gasteiger partial charge in [0.15, 0.2) is 0 Å². The Morgan fingerprint density at radius 3 is 1.16 bits per heavy atom. The van der Waals surface area contributed by atoms with Crippen molar-refractivity contribution in [3.05, 3.63) is 255 Å². The number of para-hydroxylation sites is 2. The van der Waals surface area contributed by atoms with Crippen LogP contribution in [0.2, 0.25) is 0 Å². The second-order valence-electron chi connectivity index (χ2n) is 29.7. The number of rotatable bonds is 4. The molecule has 2 aromatic heterocycles. The average Bonchev–Trinajstić information content (AvgIpc) is 1.79. The number of anilines is 3. The molecule has 2 aliphatic rings. The topological polar surface area (TPSA) is 47.9 Å². The number of nitrogens with zero attached hydrogens (tertiary/aromatic N) is 2. The summed E-state index contributed by atoms with van der Waals surface area (Å²) in [6, 6.07) is 75.7. The number of halogens is 1. The van der Waals surface area contributed by atoms with Crippen LogP contribution in [0.25, 0.3) is 77.2 Å². The van der Waals surface area contributed by atoms with E-state index in [0.29, 0.717) is 0 Å². The van der Waals surface area contributed by atoms with Crippen LogP contribution in [0.1, 0.15) is 155 Å². The Bertz CT molecular complexity index is 4600. The number of nitrogens with one attached hydrogen (secondary N) is 1. The molecule has 0 saturated heterocycles. The lowest BCUT2D eigenvalue weighted by Crippen LogP contribution is -2.17. The predicted octanol–water partition coefficient (Wildman–Crippen LogP) is 23.1. The summed E-state index contributed by atoms with van der Waals surface area (Å²) in [6.07, 6.45) is 0. The van der Waals surface area contributed by atoms with Crippen LogP contribution >= 0.6 is 15.9 Å². The van der Waals surface area contributed by atoms with Gasteiger partial charge in [0.2, 0.25) is 0 Å².